The maximum atomic E-state index is 13.1. The van der Waals surface area contributed by atoms with Gasteiger partial charge in [-0.25, -0.2) is 13.2 Å². The molecule has 1 N–H and O–H groups in total. The van der Waals surface area contributed by atoms with Gasteiger partial charge >= 0.3 is 10.1 Å². The van der Waals surface area contributed by atoms with Gasteiger partial charge in [0.15, 0.2) is 4.90 Å². The van der Waals surface area contributed by atoms with Crippen LogP contribution in [-0.2, 0) is 18.9 Å². The van der Waals surface area contributed by atoms with Crippen molar-refractivity contribution in [2.75, 3.05) is 6.35 Å². The van der Waals surface area contributed by atoms with E-state index >= 15 is 0 Å². The van der Waals surface area contributed by atoms with Crippen LogP contribution in [0.3, 0.4) is 0 Å². The first-order valence-electron chi connectivity index (χ1n) is 4.00. The highest BCUT2D eigenvalue weighted by Crippen LogP contribution is 2.24. The lowest BCUT2D eigenvalue weighted by Crippen LogP contribution is -2.11. The Balaban J connectivity index is 3.20. The highest BCUT2D eigenvalue weighted by molar-refractivity contribution is 7.87. The Morgan fingerprint density at radius 1 is 1.24 bits per heavy atom. The molecular weight excluding hydrogens is 284 g/mol. The van der Waals surface area contributed by atoms with Gasteiger partial charge in [-0.3, -0.25) is 8.75 Å². The maximum absolute atomic E-state index is 13.1. The summed E-state index contributed by atoms with van der Waals surface area (Å²) in [6.45, 7) is 0. The fraction of sp³-hybridized carbons (Fsp3) is 0.143. The van der Waals surface area contributed by atoms with E-state index in [2.05, 4.69) is 4.18 Å². The predicted molar refractivity (Wildman–Crippen MR) is 50.7 cm³/mol. The smallest absolute Gasteiger partial charge is 0.303 e. The third kappa shape index (κ3) is 3.53. The van der Waals surface area contributed by atoms with Crippen LogP contribution in [0.1, 0.15) is 0 Å². The molecule has 0 fully saturated rings. The highest BCUT2D eigenvalue weighted by atomic mass is 32.2. The second kappa shape index (κ2) is 5.18. The van der Waals surface area contributed by atoms with Crippen molar-refractivity contribution in [2.24, 2.45) is 0 Å². The molecule has 17 heavy (non-hydrogen) atoms. The molecule has 0 amide bonds. The van der Waals surface area contributed by atoms with Crippen molar-refractivity contribution in [2.45, 2.75) is 4.90 Å². The summed E-state index contributed by atoms with van der Waals surface area (Å²) >= 11 is 0. The molecule has 1 aromatic rings. The van der Waals surface area contributed by atoms with Gasteiger partial charge < -0.3 is 4.89 Å². The van der Waals surface area contributed by atoms with Gasteiger partial charge in [0.25, 0.3) is 0 Å². The van der Waals surface area contributed by atoms with Crippen molar-refractivity contribution >= 4 is 18.1 Å². The van der Waals surface area contributed by atoms with Gasteiger partial charge in [-0.2, -0.15) is 8.42 Å². The third-order valence-corrected chi connectivity index (χ3v) is 3.47. The van der Waals surface area contributed by atoms with Gasteiger partial charge in [-0.05, 0) is 0 Å². The summed E-state index contributed by atoms with van der Waals surface area (Å²) in [6, 6.07) is 0.308. The normalized spacial score (nSPS) is 13.6. The van der Waals surface area contributed by atoms with Crippen molar-refractivity contribution in [3.63, 3.8) is 0 Å². The average Bonchev–Trinajstić information content (AvgIpc) is 2.12. The van der Waals surface area contributed by atoms with Gasteiger partial charge in [0.1, 0.15) is 23.8 Å². The van der Waals surface area contributed by atoms with E-state index in [-0.39, 0.29) is 12.1 Å². The first kappa shape index (κ1) is 14.2. The van der Waals surface area contributed by atoms with Crippen LogP contribution in [0.5, 0.6) is 0 Å². The molecule has 0 aliphatic carbocycles. The van der Waals surface area contributed by atoms with Crippen molar-refractivity contribution in [1.29, 1.82) is 0 Å². The van der Waals surface area contributed by atoms with Crippen LogP contribution in [0.4, 0.5) is 13.2 Å². The van der Waals surface area contributed by atoms with Gasteiger partial charge in [-0.1, -0.05) is 0 Å². The molecule has 0 aliphatic rings. The molecule has 0 aliphatic heterocycles. The summed E-state index contributed by atoms with van der Waals surface area (Å²) in [5, 5.41) is 0. The molecule has 1 rings (SSSR count). The van der Waals surface area contributed by atoms with Crippen LogP contribution in [0.25, 0.3) is 0 Å². The summed E-state index contributed by atoms with van der Waals surface area (Å²) in [6.07, 6.45) is -1.11. The Hall–Kier alpha value is -0.890. The molecule has 0 saturated heterocycles. The lowest BCUT2D eigenvalue weighted by atomic mass is 10.3. The fourth-order valence-corrected chi connectivity index (χ4v) is 2.69. The van der Waals surface area contributed by atoms with E-state index in [0.717, 1.165) is 0 Å². The minimum atomic E-state index is -4.88. The number of benzene rings is 1. The van der Waals surface area contributed by atoms with Crippen LogP contribution in [0, 0.1) is 17.5 Å². The van der Waals surface area contributed by atoms with Crippen LogP contribution >= 0.6 is 8.03 Å². The number of hydrogen-bond donors (Lipinski definition) is 1. The van der Waals surface area contributed by atoms with Crippen molar-refractivity contribution < 1.29 is 35.2 Å². The van der Waals surface area contributed by atoms with Crippen molar-refractivity contribution in [3.8, 4) is 0 Å². The van der Waals surface area contributed by atoms with Crippen LogP contribution in [0.15, 0.2) is 17.0 Å². The monoisotopic (exact) mass is 290 g/mol. The average molecular weight is 290 g/mol. The highest BCUT2D eigenvalue weighted by Gasteiger charge is 2.26. The lowest BCUT2D eigenvalue weighted by Gasteiger charge is -2.06. The largest absolute Gasteiger partial charge is 0.345 e. The van der Waals surface area contributed by atoms with Gasteiger partial charge in [0.2, 0.25) is 8.03 Å². The zero-order valence-electron chi connectivity index (χ0n) is 7.98. The topological polar surface area (TPSA) is 80.7 Å². The summed E-state index contributed by atoms with van der Waals surface area (Å²) in [4.78, 5) is 6.86. The minimum Gasteiger partial charge on any atom is -0.345 e. The minimum absolute atomic E-state index is 0.154. The predicted octanol–water partition coefficient (Wildman–Crippen LogP) is 1.23. The number of halogens is 3. The quantitative estimate of drug-likeness (QED) is 0.666. The SMILES string of the molecule is O=[PH](O)COS(=O)(=O)c1c(F)cc(F)cc1F. The second-order valence-electron chi connectivity index (χ2n) is 2.81. The Morgan fingerprint density at radius 2 is 1.71 bits per heavy atom. The van der Waals surface area contributed by atoms with Gasteiger partial charge in [0.05, 0.1) is 0 Å². The maximum Gasteiger partial charge on any atom is 0.303 e. The molecule has 1 unspecified atom stereocenters. The molecular formula is C7H6F3O5PS. The number of rotatable bonds is 4. The summed E-state index contributed by atoms with van der Waals surface area (Å²) in [7, 11) is -8.16. The standard InChI is InChI=1S/C7H6F3O5PS/c8-4-1-5(9)7(6(10)2-4)17(13,14)15-3-16(11)12/h1-2,16H,3H2,(H,11,12). The molecule has 5 nitrogen and oxygen atoms in total. The molecule has 1 atom stereocenters. The Morgan fingerprint density at radius 3 is 2.12 bits per heavy atom. The van der Waals surface area contributed by atoms with Crippen LogP contribution in [-0.4, -0.2) is 19.7 Å². The molecule has 0 heterocycles. The molecule has 0 spiro atoms. The van der Waals surface area contributed by atoms with E-state index < -0.39 is 46.8 Å². The van der Waals surface area contributed by atoms with E-state index in [1.54, 1.807) is 0 Å². The van der Waals surface area contributed by atoms with E-state index in [0.29, 0.717) is 0 Å². The van der Waals surface area contributed by atoms with Crippen molar-refractivity contribution in [3.05, 3.63) is 29.6 Å². The van der Waals surface area contributed by atoms with Gasteiger partial charge in [0, 0.05) is 12.1 Å². The van der Waals surface area contributed by atoms with E-state index in [4.69, 9.17) is 4.89 Å². The summed E-state index contributed by atoms with van der Waals surface area (Å²) in [5.41, 5.74) is 0. The molecule has 0 saturated carbocycles. The first-order valence-corrected chi connectivity index (χ1v) is 6.97. The van der Waals surface area contributed by atoms with E-state index in [9.17, 15) is 26.2 Å². The second-order valence-corrected chi connectivity index (χ2v) is 5.44. The third-order valence-electron chi connectivity index (χ3n) is 1.55. The van der Waals surface area contributed by atoms with Gasteiger partial charge in [-0.15, -0.1) is 0 Å². The Bertz CT molecular complexity index is 536. The summed E-state index contributed by atoms with van der Waals surface area (Å²) < 4.78 is 75.3. The first-order chi connectivity index (χ1) is 7.74. The molecule has 0 aromatic heterocycles. The Kier molecular flexibility index (Phi) is 4.31. The molecule has 96 valence electrons. The molecule has 10 heteroatoms. The van der Waals surface area contributed by atoms with Crippen LogP contribution in [0.2, 0.25) is 0 Å². The fourth-order valence-electron chi connectivity index (χ4n) is 0.955. The van der Waals surface area contributed by atoms with E-state index in [1.165, 1.54) is 0 Å². The molecule has 0 bridgehead atoms. The van der Waals surface area contributed by atoms with Crippen molar-refractivity contribution in [1.82, 2.24) is 0 Å². The summed E-state index contributed by atoms with van der Waals surface area (Å²) in [5.74, 6) is -4.66. The van der Waals surface area contributed by atoms with Crippen LogP contribution < -0.4 is 0 Å². The zero-order valence-corrected chi connectivity index (χ0v) is 9.80. The Labute approximate surface area is 94.8 Å². The van der Waals surface area contributed by atoms with E-state index in [1.807, 2.05) is 0 Å². The lowest BCUT2D eigenvalue weighted by molar-refractivity contribution is 0.348. The molecule has 1 aromatic carbocycles. The number of hydrogen-bond acceptors (Lipinski definition) is 4. The molecule has 0 radical (unpaired) electrons. The zero-order chi connectivity index (χ0) is 13.2.